The van der Waals surface area contributed by atoms with Crippen LogP contribution in [0.1, 0.15) is 5.56 Å². The number of para-hydroxylation sites is 1. The normalized spacial score (nSPS) is 13.6. The van der Waals surface area contributed by atoms with Crippen molar-refractivity contribution in [3.05, 3.63) is 35.4 Å². The van der Waals surface area contributed by atoms with Crippen LogP contribution in [0.25, 0.3) is 6.08 Å². The molecular formula is C10H8N2O2. The maximum atomic E-state index is 10.7. The van der Waals surface area contributed by atoms with Crippen LogP contribution in [0.4, 0.5) is 5.69 Å². The van der Waals surface area contributed by atoms with Crippen molar-refractivity contribution >= 4 is 23.9 Å². The van der Waals surface area contributed by atoms with E-state index in [2.05, 4.69) is 10.5 Å². The van der Waals surface area contributed by atoms with Crippen molar-refractivity contribution in [2.24, 2.45) is 5.10 Å². The van der Waals surface area contributed by atoms with Crippen molar-refractivity contribution in [3.8, 4) is 0 Å². The number of hydrogen-bond acceptors (Lipinski definition) is 3. The second kappa shape index (κ2) is 3.33. The number of carbonyl (C=O) groups is 1. The van der Waals surface area contributed by atoms with Gasteiger partial charge in [0.2, 0.25) is 0 Å². The molecule has 4 heteroatoms. The average molecular weight is 188 g/mol. The lowest BCUT2D eigenvalue weighted by molar-refractivity contribution is -0.131. The van der Waals surface area contributed by atoms with Crippen molar-refractivity contribution in [3.63, 3.8) is 0 Å². The lowest BCUT2D eigenvalue weighted by Crippen LogP contribution is -2.00. The zero-order valence-electron chi connectivity index (χ0n) is 7.27. The Balaban J connectivity index is 2.51. The summed E-state index contributed by atoms with van der Waals surface area (Å²) in [5.74, 6) is -0.979. The van der Waals surface area contributed by atoms with Gasteiger partial charge in [0.05, 0.1) is 17.5 Å². The predicted molar refractivity (Wildman–Crippen MR) is 54.2 cm³/mol. The Morgan fingerprint density at radius 3 is 2.93 bits per heavy atom. The standard InChI is InChI=1S/C10H8N2O2/c13-10(14)8-5-7-3-1-2-4-9(7)12-11-6-8/h1-6,12H,(H,13,14). The molecule has 1 heterocycles. The van der Waals surface area contributed by atoms with E-state index in [0.29, 0.717) is 0 Å². The Labute approximate surface area is 80.6 Å². The zero-order valence-corrected chi connectivity index (χ0v) is 7.27. The molecule has 0 atom stereocenters. The second-order valence-corrected chi connectivity index (χ2v) is 2.86. The molecule has 0 amide bonds. The molecule has 4 nitrogen and oxygen atoms in total. The van der Waals surface area contributed by atoms with E-state index in [0.717, 1.165) is 11.3 Å². The monoisotopic (exact) mass is 188 g/mol. The quantitative estimate of drug-likeness (QED) is 0.703. The fraction of sp³-hybridized carbons (Fsp3) is 0. The number of hydrogen-bond donors (Lipinski definition) is 2. The number of nitrogens with one attached hydrogen (secondary N) is 1. The smallest absolute Gasteiger partial charge is 0.337 e. The highest BCUT2D eigenvalue weighted by molar-refractivity contribution is 6.13. The lowest BCUT2D eigenvalue weighted by atomic mass is 10.1. The lowest BCUT2D eigenvalue weighted by Gasteiger charge is -2.01. The molecule has 0 saturated carbocycles. The number of fused-ring (bicyclic) bond motifs is 1. The summed E-state index contributed by atoms with van der Waals surface area (Å²) >= 11 is 0. The topological polar surface area (TPSA) is 61.7 Å². The highest BCUT2D eigenvalue weighted by Gasteiger charge is 2.08. The molecule has 0 saturated heterocycles. The van der Waals surface area contributed by atoms with Crippen LogP contribution in [-0.4, -0.2) is 17.3 Å². The first-order valence-corrected chi connectivity index (χ1v) is 4.10. The first-order valence-electron chi connectivity index (χ1n) is 4.10. The van der Waals surface area contributed by atoms with Crippen molar-refractivity contribution in [1.82, 2.24) is 0 Å². The van der Waals surface area contributed by atoms with Gasteiger partial charge in [-0.15, -0.1) is 0 Å². The van der Waals surface area contributed by atoms with E-state index < -0.39 is 5.97 Å². The Kier molecular flexibility index (Phi) is 2.02. The molecule has 0 aromatic heterocycles. The molecule has 0 bridgehead atoms. The molecule has 1 aromatic carbocycles. The number of carboxylic acid groups (broad SMARTS) is 1. The third kappa shape index (κ3) is 1.50. The molecule has 0 aliphatic carbocycles. The Bertz CT molecular complexity index is 436. The molecule has 0 unspecified atom stereocenters. The first kappa shape index (κ1) is 8.50. The Morgan fingerprint density at radius 1 is 1.36 bits per heavy atom. The molecule has 2 rings (SSSR count). The number of anilines is 1. The molecule has 1 aromatic rings. The van der Waals surface area contributed by atoms with Crippen LogP contribution in [-0.2, 0) is 4.79 Å². The summed E-state index contributed by atoms with van der Waals surface area (Å²) in [5.41, 5.74) is 4.56. The number of carboxylic acids is 1. The van der Waals surface area contributed by atoms with Gasteiger partial charge >= 0.3 is 5.97 Å². The third-order valence-electron chi connectivity index (χ3n) is 1.91. The molecular weight excluding hydrogens is 180 g/mol. The average Bonchev–Trinajstić information content (AvgIpc) is 2.39. The van der Waals surface area contributed by atoms with Gasteiger partial charge in [-0.2, -0.15) is 5.10 Å². The van der Waals surface area contributed by atoms with Crippen molar-refractivity contribution in [1.29, 1.82) is 0 Å². The van der Waals surface area contributed by atoms with E-state index in [1.807, 2.05) is 24.3 Å². The van der Waals surface area contributed by atoms with E-state index in [9.17, 15) is 4.79 Å². The minimum absolute atomic E-state index is 0.169. The number of hydrazone groups is 1. The fourth-order valence-corrected chi connectivity index (χ4v) is 1.22. The number of rotatable bonds is 1. The molecule has 1 aliphatic heterocycles. The minimum atomic E-state index is -0.979. The van der Waals surface area contributed by atoms with Crippen LogP contribution in [0.2, 0.25) is 0 Å². The van der Waals surface area contributed by atoms with Gasteiger partial charge < -0.3 is 5.11 Å². The second-order valence-electron chi connectivity index (χ2n) is 2.86. The van der Waals surface area contributed by atoms with Gasteiger partial charge in [-0.25, -0.2) is 4.79 Å². The van der Waals surface area contributed by atoms with Crippen LogP contribution in [0.3, 0.4) is 0 Å². The van der Waals surface area contributed by atoms with Gasteiger partial charge in [-0.1, -0.05) is 18.2 Å². The molecule has 1 aliphatic rings. The largest absolute Gasteiger partial charge is 0.478 e. The van der Waals surface area contributed by atoms with E-state index in [-0.39, 0.29) is 5.57 Å². The summed E-state index contributed by atoms with van der Waals surface area (Å²) in [7, 11) is 0. The van der Waals surface area contributed by atoms with Gasteiger partial charge in [0, 0.05) is 5.56 Å². The van der Waals surface area contributed by atoms with Crippen LogP contribution in [0, 0.1) is 0 Å². The van der Waals surface area contributed by atoms with E-state index >= 15 is 0 Å². The van der Waals surface area contributed by atoms with Gasteiger partial charge in [0.1, 0.15) is 0 Å². The van der Waals surface area contributed by atoms with Crippen molar-refractivity contribution in [2.75, 3.05) is 5.43 Å². The number of benzene rings is 1. The van der Waals surface area contributed by atoms with Crippen LogP contribution < -0.4 is 5.43 Å². The Morgan fingerprint density at radius 2 is 2.14 bits per heavy atom. The molecule has 70 valence electrons. The molecule has 14 heavy (non-hydrogen) atoms. The first-order chi connectivity index (χ1) is 6.77. The van der Waals surface area contributed by atoms with Crippen LogP contribution >= 0.6 is 0 Å². The van der Waals surface area contributed by atoms with Gasteiger partial charge in [-0.05, 0) is 12.1 Å². The van der Waals surface area contributed by atoms with Crippen molar-refractivity contribution in [2.45, 2.75) is 0 Å². The summed E-state index contributed by atoms with van der Waals surface area (Å²) in [4.78, 5) is 10.7. The van der Waals surface area contributed by atoms with E-state index in [1.54, 1.807) is 6.08 Å². The SMILES string of the molecule is O=C(O)C1=Cc2ccccc2NN=C1. The van der Waals surface area contributed by atoms with Gasteiger partial charge in [-0.3, -0.25) is 5.43 Å². The highest BCUT2D eigenvalue weighted by Crippen LogP contribution is 2.19. The number of aliphatic carboxylic acids is 1. The Hall–Kier alpha value is -2.10. The maximum absolute atomic E-state index is 10.7. The molecule has 2 N–H and O–H groups in total. The molecule has 0 fully saturated rings. The van der Waals surface area contributed by atoms with Gasteiger partial charge in [0.25, 0.3) is 0 Å². The highest BCUT2D eigenvalue weighted by atomic mass is 16.4. The summed E-state index contributed by atoms with van der Waals surface area (Å²) < 4.78 is 0. The summed E-state index contributed by atoms with van der Waals surface area (Å²) in [6, 6.07) is 7.39. The predicted octanol–water partition coefficient (Wildman–Crippen LogP) is 1.57. The summed E-state index contributed by atoms with van der Waals surface area (Å²) in [5, 5.41) is 12.6. The van der Waals surface area contributed by atoms with Crippen molar-refractivity contribution < 1.29 is 9.90 Å². The van der Waals surface area contributed by atoms with Gasteiger partial charge in [0.15, 0.2) is 0 Å². The van der Waals surface area contributed by atoms with E-state index in [4.69, 9.17) is 5.11 Å². The maximum Gasteiger partial charge on any atom is 0.337 e. The van der Waals surface area contributed by atoms with Crippen LogP contribution in [0.15, 0.2) is 34.9 Å². The summed E-state index contributed by atoms with van der Waals surface area (Å²) in [6.45, 7) is 0. The van der Waals surface area contributed by atoms with E-state index in [1.165, 1.54) is 6.21 Å². The molecule has 0 spiro atoms. The molecule has 0 radical (unpaired) electrons. The number of nitrogens with zero attached hydrogens (tertiary/aromatic N) is 1. The van der Waals surface area contributed by atoms with Crippen LogP contribution in [0.5, 0.6) is 0 Å². The fourth-order valence-electron chi connectivity index (χ4n) is 1.22. The summed E-state index contributed by atoms with van der Waals surface area (Å²) in [6.07, 6.45) is 2.88. The zero-order chi connectivity index (χ0) is 9.97. The third-order valence-corrected chi connectivity index (χ3v) is 1.91. The minimum Gasteiger partial charge on any atom is -0.478 e.